The number of hydrogen-bond acceptors (Lipinski definition) is 7. The summed E-state index contributed by atoms with van der Waals surface area (Å²) >= 11 is 0. The van der Waals surface area contributed by atoms with Crippen molar-refractivity contribution in [2.24, 2.45) is 0 Å². The lowest BCUT2D eigenvalue weighted by Gasteiger charge is -2.38. The minimum atomic E-state index is -0.729. The predicted molar refractivity (Wildman–Crippen MR) is 134 cm³/mol. The average Bonchev–Trinajstić information content (AvgIpc) is 2.85. The quantitative estimate of drug-likeness (QED) is 0.571. The highest BCUT2D eigenvalue weighted by Crippen LogP contribution is 2.29. The molecule has 34 heavy (non-hydrogen) atoms. The highest BCUT2D eigenvalue weighted by Gasteiger charge is 2.25. The molecule has 0 radical (unpaired) electrons. The third-order valence-corrected chi connectivity index (χ3v) is 6.08. The Balaban J connectivity index is 1.67. The Bertz CT molecular complexity index is 972. The zero-order chi connectivity index (χ0) is 24.7. The van der Waals surface area contributed by atoms with E-state index >= 15 is 0 Å². The Labute approximate surface area is 201 Å². The van der Waals surface area contributed by atoms with Crippen LogP contribution in [-0.4, -0.2) is 89.7 Å². The predicted octanol–water partition coefficient (Wildman–Crippen LogP) is 1.81. The molecule has 1 aliphatic rings. The number of piperazine rings is 1. The van der Waals surface area contributed by atoms with Gasteiger partial charge in [0.2, 0.25) is 0 Å². The lowest BCUT2D eigenvalue weighted by molar-refractivity contribution is -0.136. The molecule has 0 saturated carbocycles. The van der Waals surface area contributed by atoms with E-state index in [-0.39, 0.29) is 6.04 Å². The van der Waals surface area contributed by atoms with Crippen molar-refractivity contribution in [2.75, 3.05) is 78.3 Å². The van der Waals surface area contributed by atoms with Crippen LogP contribution in [0.4, 0.5) is 11.4 Å². The van der Waals surface area contributed by atoms with Crippen molar-refractivity contribution < 1.29 is 19.1 Å². The topological polar surface area (TPSA) is 86.4 Å². The first-order chi connectivity index (χ1) is 16.3. The summed E-state index contributed by atoms with van der Waals surface area (Å²) in [6.45, 7) is 4.04. The van der Waals surface area contributed by atoms with Crippen molar-refractivity contribution in [1.29, 1.82) is 0 Å². The highest BCUT2D eigenvalue weighted by atomic mass is 16.5. The van der Waals surface area contributed by atoms with Gasteiger partial charge in [0.15, 0.2) is 11.5 Å². The fourth-order valence-corrected chi connectivity index (χ4v) is 3.96. The number of rotatable bonds is 8. The lowest BCUT2D eigenvalue weighted by Crippen LogP contribution is -2.49. The molecule has 0 aliphatic carbocycles. The number of carbonyl (C=O) groups excluding carboxylic acids is 2. The van der Waals surface area contributed by atoms with Gasteiger partial charge in [0, 0.05) is 64.3 Å². The molecule has 9 heteroatoms. The van der Waals surface area contributed by atoms with E-state index in [1.165, 1.54) is 14.2 Å². The molecule has 1 aliphatic heterocycles. The van der Waals surface area contributed by atoms with Gasteiger partial charge in [0.1, 0.15) is 0 Å². The fraction of sp³-hybridized carbons (Fsp3) is 0.440. The number of methoxy groups -OCH3 is 2. The molecule has 1 atom stereocenters. The van der Waals surface area contributed by atoms with Crippen LogP contribution in [-0.2, 0) is 9.59 Å². The van der Waals surface area contributed by atoms with Gasteiger partial charge in [-0.3, -0.25) is 14.5 Å². The molecular weight excluding hydrogens is 434 g/mol. The molecule has 1 heterocycles. The zero-order valence-corrected chi connectivity index (χ0v) is 20.6. The van der Waals surface area contributed by atoms with E-state index in [1.54, 1.807) is 18.2 Å². The number of nitrogens with one attached hydrogen (secondary N) is 2. The van der Waals surface area contributed by atoms with Crippen LogP contribution in [0.1, 0.15) is 11.6 Å². The number of hydrogen-bond donors (Lipinski definition) is 2. The largest absolute Gasteiger partial charge is 0.493 e. The molecule has 184 valence electrons. The summed E-state index contributed by atoms with van der Waals surface area (Å²) in [6.07, 6.45) is 0. The van der Waals surface area contributed by atoms with E-state index < -0.39 is 11.8 Å². The Kier molecular flexibility index (Phi) is 8.72. The number of nitrogens with zero attached hydrogens (tertiary/aromatic N) is 3. The van der Waals surface area contributed by atoms with Crippen LogP contribution in [0.25, 0.3) is 0 Å². The van der Waals surface area contributed by atoms with E-state index in [4.69, 9.17) is 9.47 Å². The van der Waals surface area contributed by atoms with Gasteiger partial charge in [-0.25, -0.2) is 0 Å². The standard InChI is InChI=1S/C25H35N5O4/c1-28(2)20-9-6-18(7-10-20)21(30-14-12-29(3)13-15-30)17-26-24(31)25(32)27-19-8-11-22(33-4)23(16-19)34-5/h6-11,16,21H,12-15,17H2,1-5H3,(H,26,31)(H,27,32). The van der Waals surface area contributed by atoms with Crippen LogP contribution in [0.5, 0.6) is 11.5 Å². The normalized spacial score (nSPS) is 15.3. The van der Waals surface area contributed by atoms with Gasteiger partial charge in [-0.2, -0.15) is 0 Å². The minimum Gasteiger partial charge on any atom is -0.493 e. The van der Waals surface area contributed by atoms with Gasteiger partial charge in [-0.1, -0.05) is 12.1 Å². The summed E-state index contributed by atoms with van der Waals surface area (Å²) < 4.78 is 10.5. The average molecular weight is 470 g/mol. The first kappa shape index (κ1) is 25.3. The van der Waals surface area contributed by atoms with E-state index in [2.05, 4.69) is 56.6 Å². The van der Waals surface area contributed by atoms with Crippen molar-refractivity contribution >= 4 is 23.2 Å². The monoisotopic (exact) mass is 469 g/mol. The third-order valence-electron chi connectivity index (χ3n) is 6.08. The van der Waals surface area contributed by atoms with Crippen molar-refractivity contribution in [3.05, 3.63) is 48.0 Å². The second kappa shape index (κ2) is 11.7. The van der Waals surface area contributed by atoms with Gasteiger partial charge in [0.25, 0.3) is 0 Å². The van der Waals surface area contributed by atoms with E-state index in [1.807, 2.05) is 14.1 Å². The summed E-state index contributed by atoms with van der Waals surface area (Å²) in [4.78, 5) is 31.9. The molecule has 2 amide bonds. The molecule has 1 unspecified atom stereocenters. The van der Waals surface area contributed by atoms with Gasteiger partial charge in [-0.15, -0.1) is 0 Å². The number of carbonyl (C=O) groups is 2. The number of ether oxygens (including phenoxy) is 2. The van der Waals surface area contributed by atoms with Crippen molar-refractivity contribution in [2.45, 2.75) is 6.04 Å². The second-order valence-electron chi connectivity index (χ2n) is 8.57. The molecule has 9 nitrogen and oxygen atoms in total. The van der Waals surface area contributed by atoms with Crippen molar-refractivity contribution in [3.63, 3.8) is 0 Å². The molecular formula is C25H35N5O4. The van der Waals surface area contributed by atoms with Crippen LogP contribution in [0.15, 0.2) is 42.5 Å². The smallest absolute Gasteiger partial charge is 0.313 e. The molecule has 2 N–H and O–H groups in total. The molecule has 0 bridgehead atoms. The van der Waals surface area contributed by atoms with Crippen LogP contribution in [0.3, 0.4) is 0 Å². The first-order valence-corrected chi connectivity index (χ1v) is 11.3. The van der Waals surface area contributed by atoms with Gasteiger partial charge < -0.3 is 29.9 Å². The highest BCUT2D eigenvalue weighted by molar-refractivity contribution is 6.39. The van der Waals surface area contributed by atoms with Gasteiger partial charge >= 0.3 is 11.8 Å². The molecule has 0 spiro atoms. The zero-order valence-electron chi connectivity index (χ0n) is 20.6. The van der Waals surface area contributed by atoms with E-state index in [0.717, 1.165) is 37.4 Å². The number of anilines is 2. The van der Waals surface area contributed by atoms with Gasteiger partial charge in [-0.05, 0) is 36.9 Å². The van der Waals surface area contributed by atoms with E-state index in [9.17, 15) is 9.59 Å². The first-order valence-electron chi connectivity index (χ1n) is 11.3. The molecule has 1 fully saturated rings. The molecule has 0 aromatic heterocycles. The van der Waals surface area contributed by atoms with Crippen LogP contribution in [0, 0.1) is 0 Å². The third kappa shape index (κ3) is 6.39. The lowest BCUT2D eigenvalue weighted by atomic mass is 10.0. The number of benzene rings is 2. The van der Waals surface area contributed by atoms with Crippen molar-refractivity contribution in [3.8, 4) is 11.5 Å². The minimum absolute atomic E-state index is 0.0252. The Hall–Kier alpha value is -3.30. The Morgan fingerprint density at radius 2 is 1.59 bits per heavy atom. The van der Waals surface area contributed by atoms with Crippen LogP contribution >= 0.6 is 0 Å². The summed E-state index contributed by atoms with van der Waals surface area (Å²) in [6, 6.07) is 13.3. The Morgan fingerprint density at radius 1 is 0.941 bits per heavy atom. The second-order valence-corrected chi connectivity index (χ2v) is 8.57. The molecule has 2 aromatic carbocycles. The Morgan fingerprint density at radius 3 is 2.18 bits per heavy atom. The SMILES string of the molecule is COc1ccc(NC(=O)C(=O)NCC(c2ccc(N(C)C)cc2)N2CCN(C)CC2)cc1OC. The molecule has 1 saturated heterocycles. The molecule has 2 aromatic rings. The maximum absolute atomic E-state index is 12.6. The van der Waals surface area contributed by atoms with Crippen molar-refractivity contribution in [1.82, 2.24) is 15.1 Å². The van der Waals surface area contributed by atoms with Crippen LogP contribution < -0.4 is 25.0 Å². The molecule has 3 rings (SSSR count). The fourth-order valence-electron chi connectivity index (χ4n) is 3.96. The van der Waals surface area contributed by atoms with Crippen LogP contribution in [0.2, 0.25) is 0 Å². The summed E-state index contributed by atoms with van der Waals surface area (Å²) in [5.41, 5.74) is 2.67. The summed E-state index contributed by atoms with van der Waals surface area (Å²) in [5, 5.41) is 5.45. The number of amides is 2. The van der Waals surface area contributed by atoms with Gasteiger partial charge in [0.05, 0.1) is 20.3 Å². The summed E-state index contributed by atoms with van der Waals surface area (Å²) in [7, 11) is 9.17. The maximum atomic E-state index is 12.6. The maximum Gasteiger partial charge on any atom is 0.313 e. The number of likely N-dealkylation sites (N-methyl/N-ethyl adjacent to an activating group) is 1. The summed E-state index contributed by atoms with van der Waals surface area (Å²) in [5.74, 6) is -0.400. The van der Waals surface area contributed by atoms with E-state index in [0.29, 0.717) is 23.7 Å².